The van der Waals surface area contributed by atoms with E-state index in [0.29, 0.717) is 34.6 Å². The fourth-order valence-corrected chi connectivity index (χ4v) is 4.50. The van der Waals surface area contributed by atoms with E-state index in [-0.39, 0.29) is 23.6 Å². The first kappa shape index (κ1) is 19.4. The molecule has 9 nitrogen and oxygen atoms in total. The second-order valence-corrected chi connectivity index (χ2v) is 8.15. The van der Waals surface area contributed by atoms with Crippen molar-refractivity contribution in [1.29, 1.82) is 0 Å². The normalized spacial score (nSPS) is 16.8. The lowest BCUT2D eigenvalue weighted by molar-refractivity contribution is -0.129. The Morgan fingerprint density at radius 3 is 2.81 bits per heavy atom. The van der Waals surface area contributed by atoms with Crippen LogP contribution in [0.4, 0.5) is 4.39 Å². The zero-order valence-electron chi connectivity index (χ0n) is 17.5. The molecule has 1 aliphatic rings. The highest BCUT2D eigenvalue weighted by molar-refractivity contribution is 5.81. The van der Waals surface area contributed by atoms with Crippen LogP contribution in [0.3, 0.4) is 0 Å². The molecule has 160 valence electrons. The summed E-state index contributed by atoms with van der Waals surface area (Å²) in [5, 5.41) is 8.47. The Kier molecular flexibility index (Phi) is 4.38. The van der Waals surface area contributed by atoms with Crippen LogP contribution >= 0.6 is 0 Å². The number of fused-ring (bicyclic) bond motifs is 3. The molecule has 0 radical (unpaired) electrons. The fourth-order valence-electron chi connectivity index (χ4n) is 4.50. The van der Waals surface area contributed by atoms with E-state index in [4.69, 9.17) is 0 Å². The number of halogens is 1. The fraction of sp³-hybridized carbons (Fsp3) is 0.381. The third-order valence-electron chi connectivity index (χ3n) is 5.87. The molecule has 0 saturated carbocycles. The molecule has 0 bridgehead atoms. The van der Waals surface area contributed by atoms with Gasteiger partial charge in [-0.15, -0.1) is 5.10 Å². The molecule has 0 spiro atoms. The Hall–Kier alpha value is -3.56. The van der Waals surface area contributed by atoms with Crippen molar-refractivity contribution >= 4 is 22.5 Å². The number of nitrogens with zero attached hydrogens (tertiary/aromatic N) is 7. The third-order valence-corrected chi connectivity index (χ3v) is 5.87. The molecular formula is C21H22FN7O2. The quantitative estimate of drug-likeness (QED) is 0.505. The van der Waals surface area contributed by atoms with Gasteiger partial charge in [0, 0.05) is 19.5 Å². The summed E-state index contributed by atoms with van der Waals surface area (Å²) in [6.07, 6.45) is 4.99. The number of hydrogen-bond acceptors (Lipinski definition) is 5. The third kappa shape index (κ3) is 2.93. The molecule has 1 saturated heterocycles. The Morgan fingerprint density at radius 1 is 1.26 bits per heavy atom. The van der Waals surface area contributed by atoms with E-state index in [0.717, 1.165) is 12.8 Å². The monoisotopic (exact) mass is 423 g/mol. The van der Waals surface area contributed by atoms with Crippen molar-refractivity contribution in [2.45, 2.75) is 45.7 Å². The van der Waals surface area contributed by atoms with Gasteiger partial charge in [-0.05, 0) is 44.9 Å². The van der Waals surface area contributed by atoms with Gasteiger partial charge in [0.25, 0.3) is 5.56 Å². The van der Waals surface area contributed by atoms with Crippen LogP contribution < -0.4 is 5.56 Å². The van der Waals surface area contributed by atoms with Gasteiger partial charge >= 0.3 is 0 Å². The zero-order chi connectivity index (χ0) is 21.9. The van der Waals surface area contributed by atoms with Crippen molar-refractivity contribution in [3.05, 3.63) is 52.6 Å². The van der Waals surface area contributed by atoms with Gasteiger partial charge in [0.05, 0.1) is 23.3 Å². The number of hydrogen-bond donors (Lipinski definition) is 0. The van der Waals surface area contributed by atoms with Gasteiger partial charge in [-0.3, -0.25) is 14.0 Å². The van der Waals surface area contributed by atoms with Gasteiger partial charge < -0.3 is 9.47 Å². The van der Waals surface area contributed by atoms with Crippen molar-refractivity contribution in [2.24, 2.45) is 0 Å². The van der Waals surface area contributed by atoms with Gasteiger partial charge in [0.2, 0.25) is 5.91 Å². The van der Waals surface area contributed by atoms with Crippen LogP contribution in [0.15, 0.2) is 35.5 Å². The minimum absolute atomic E-state index is 0.00279. The standard InChI is InChI=1S/C21H22FN7O2/c1-12(2)29-18-9-14(22)6-7-17(18)27-11-23-20(19(27)21(29)31)28-10-15(24-25-28)16-5-4-8-26(16)13(3)30/h6-7,9-12,16H,4-5,8H2,1-3H3. The molecule has 10 heteroatoms. The van der Waals surface area contributed by atoms with Gasteiger partial charge in [-0.25, -0.2) is 9.37 Å². The molecule has 1 aliphatic heterocycles. The molecule has 1 unspecified atom stereocenters. The predicted molar refractivity (Wildman–Crippen MR) is 112 cm³/mol. The molecule has 3 aromatic heterocycles. The summed E-state index contributed by atoms with van der Waals surface area (Å²) in [5.41, 5.74) is 1.88. The van der Waals surface area contributed by atoms with Gasteiger partial charge in [0.15, 0.2) is 11.3 Å². The number of imidazole rings is 1. The first-order chi connectivity index (χ1) is 14.9. The second-order valence-electron chi connectivity index (χ2n) is 8.15. The van der Waals surface area contributed by atoms with Crippen LogP contribution in [-0.2, 0) is 4.79 Å². The van der Waals surface area contributed by atoms with Crippen LogP contribution in [0, 0.1) is 5.82 Å². The Bertz CT molecular complexity index is 1380. The van der Waals surface area contributed by atoms with E-state index < -0.39 is 5.82 Å². The predicted octanol–water partition coefficient (Wildman–Crippen LogP) is 2.63. The molecule has 1 fully saturated rings. The lowest BCUT2D eigenvalue weighted by atomic mass is 10.1. The van der Waals surface area contributed by atoms with Gasteiger partial charge in [-0.1, -0.05) is 5.21 Å². The maximum Gasteiger partial charge on any atom is 0.279 e. The molecule has 4 heterocycles. The molecule has 1 amide bonds. The first-order valence-electron chi connectivity index (χ1n) is 10.3. The number of amides is 1. The minimum Gasteiger partial charge on any atom is -0.334 e. The van der Waals surface area contributed by atoms with Crippen molar-refractivity contribution < 1.29 is 9.18 Å². The smallest absolute Gasteiger partial charge is 0.279 e. The van der Waals surface area contributed by atoms with Crippen molar-refractivity contribution in [3.63, 3.8) is 0 Å². The first-order valence-corrected chi connectivity index (χ1v) is 10.3. The maximum absolute atomic E-state index is 13.9. The molecule has 0 N–H and O–H groups in total. The molecule has 5 rings (SSSR count). The Morgan fingerprint density at radius 2 is 2.06 bits per heavy atom. The van der Waals surface area contributed by atoms with E-state index >= 15 is 0 Å². The van der Waals surface area contributed by atoms with Crippen molar-refractivity contribution in [2.75, 3.05) is 6.54 Å². The molecule has 1 atom stereocenters. The molecule has 31 heavy (non-hydrogen) atoms. The summed E-state index contributed by atoms with van der Waals surface area (Å²) in [6.45, 7) is 6.00. The largest absolute Gasteiger partial charge is 0.334 e. The number of carbonyl (C=O) groups excluding carboxylic acids is 1. The average Bonchev–Trinajstić information content (AvgIpc) is 3.45. The van der Waals surface area contributed by atoms with Crippen LogP contribution in [0.2, 0.25) is 0 Å². The summed E-state index contributed by atoms with van der Waals surface area (Å²) in [7, 11) is 0. The maximum atomic E-state index is 13.9. The van der Waals surface area contributed by atoms with Crippen LogP contribution in [0.25, 0.3) is 22.4 Å². The molecular weight excluding hydrogens is 401 g/mol. The van der Waals surface area contributed by atoms with Crippen molar-refractivity contribution in [3.8, 4) is 5.82 Å². The average molecular weight is 423 g/mol. The number of aromatic nitrogens is 6. The van der Waals surface area contributed by atoms with E-state index in [1.807, 2.05) is 13.8 Å². The van der Waals surface area contributed by atoms with E-state index in [1.165, 1.54) is 23.1 Å². The van der Waals surface area contributed by atoms with E-state index in [9.17, 15) is 14.0 Å². The van der Waals surface area contributed by atoms with Crippen LogP contribution in [0.5, 0.6) is 0 Å². The lowest BCUT2D eigenvalue weighted by Gasteiger charge is -2.20. The summed E-state index contributed by atoms with van der Waals surface area (Å²) in [5.74, 6) is -0.0618. The number of likely N-dealkylation sites (tertiary alicyclic amines) is 1. The number of rotatable bonds is 3. The topological polar surface area (TPSA) is 90.3 Å². The minimum atomic E-state index is -0.409. The number of benzene rings is 1. The Balaban J connectivity index is 1.70. The zero-order valence-corrected chi connectivity index (χ0v) is 17.5. The lowest BCUT2D eigenvalue weighted by Crippen LogP contribution is -2.28. The van der Waals surface area contributed by atoms with Gasteiger partial charge in [-0.2, -0.15) is 4.68 Å². The SMILES string of the molecule is CC(=O)N1CCCC1c1cn(-c2ncn3c2c(=O)n(C(C)C)c2cc(F)ccc23)nn1. The molecule has 1 aromatic carbocycles. The van der Waals surface area contributed by atoms with Crippen LogP contribution in [0.1, 0.15) is 51.4 Å². The second kappa shape index (κ2) is 7.00. The van der Waals surface area contributed by atoms with Gasteiger partial charge in [0.1, 0.15) is 17.8 Å². The highest BCUT2D eigenvalue weighted by Gasteiger charge is 2.30. The highest BCUT2D eigenvalue weighted by Crippen LogP contribution is 2.31. The summed E-state index contributed by atoms with van der Waals surface area (Å²) < 4.78 is 18.6. The summed E-state index contributed by atoms with van der Waals surface area (Å²) in [4.78, 5) is 31.6. The Labute approximate surface area is 176 Å². The number of carbonyl (C=O) groups is 1. The van der Waals surface area contributed by atoms with Crippen molar-refractivity contribution in [1.82, 2.24) is 33.8 Å². The molecule has 0 aliphatic carbocycles. The van der Waals surface area contributed by atoms with E-state index in [2.05, 4.69) is 15.3 Å². The summed E-state index contributed by atoms with van der Waals surface area (Å²) >= 11 is 0. The van der Waals surface area contributed by atoms with E-state index in [1.54, 1.807) is 33.1 Å². The molecule has 4 aromatic rings. The van der Waals surface area contributed by atoms with Crippen LogP contribution in [-0.4, -0.2) is 46.3 Å². The highest BCUT2D eigenvalue weighted by atomic mass is 19.1. The summed E-state index contributed by atoms with van der Waals surface area (Å²) in [6, 6.07) is 4.05.